The first-order valence-electron chi connectivity index (χ1n) is 8.68. The number of halogens is 3. The number of aliphatic carboxylic acids is 1. The molecule has 150 valence electrons. The minimum Gasteiger partial charge on any atom is -0.481 e. The summed E-state index contributed by atoms with van der Waals surface area (Å²) >= 11 is 12.1. The minimum atomic E-state index is -1.04. The molecule has 0 fully saturated rings. The number of carbonyl (C=O) groups is 1. The largest absolute Gasteiger partial charge is 0.481 e. The Hall–Kier alpha value is -2.77. The molecule has 0 spiro atoms. The number of hydrogen-bond acceptors (Lipinski definition) is 5. The van der Waals surface area contributed by atoms with Crippen LogP contribution in [0, 0.1) is 11.7 Å². The maximum atomic E-state index is 13.9. The Morgan fingerprint density at radius 3 is 2.76 bits per heavy atom. The number of hydrazone groups is 1. The Balaban J connectivity index is 2.01. The molecule has 1 aliphatic rings. The maximum Gasteiger partial charge on any atom is 0.312 e. The second-order valence-corrected chi connectivity index (χ2v) is 6.95. The van der Waals surface area contributed by atoms with Gasteiger partial charge in [0.1, 0.15) is 11.7 Å². The Bertz CT molecular complexity index is 1040. The molecule has 3 rings (SSSR count). The van der Waals surface area contributed by atoms with E-state index in [1.165, 1.54) is 19.1 Å². The molecule has 9 heteroatoms. The molecule has 29 heavy (non-hydrogen) atoms. The first kappa shape index (κ1) is 21.0. The average molecular weight is 435 g/mol. The Morgan fingerprint density at radius 2 is 2.07 bits per heavy atom. The number of hydrogen-bond donors (Lipinski definition) is 2. The average Bonchev–Trinajstić information content (AvgIpc) is 2.87. The molecule has 1 aliphatic heterocycles. The van der Waals surface area contributed by atoms with Crippen LogP contribution in [0.5, 0.6) is 0 Å². The van der Waals surface area contributed by atoms with Gasteiger partial charge in [-0.2, -0.15) is 5.10 Å². The number of fused-ring (bicyclic) bond motifs is 1. The van der Waals surface area contributed by atoms with Crippen molar-refractivity contribution >= 4 is 52.1 Å². The lowest BCUT2D eigenvalue weighted by molar-refractivity contribution is -0.138. The highest BCUT2D eigenvalue weighted by molar-refractivity contribution is 6.36. The van der Waals surface area contributed by atoms with E-state index in [1.807, 2.05) is 18.2 Å². The summed E-state index contributed by atoms with van der Waals surface area (Å²) in [5.74, 6) is -2.10. The molecule has 1 unspecified atom stereocenters. The molecule has 6 nitrogen and oxygen atoms in total. The summed E-state index contributed by atoms with van der Waals surface area (Å²) in [6.07, 6.45) is 0. The number of benzene rings is 2. The quantitative estimate of drug-likeness (QED) is 0.418. The Kier molecular flexibility index (Phi) is 6.61. The second kappa shape index (κ2) is 9.15. The molecule has 0 aliphatic carbocycles. The molecular weight excluding hydrogens is 418 g/mol. The maximum absolute atomic E-state index is 13.9. The monoisotopic (exact) mass is 434 g/mol. The van der Waals surface area contributed by atoms with E-state index < -0.39 is 17.7 Å². The summed E-state index contributed by atoms with van der Waals surface area (Å²) in [6, 6.07) is 11.4. The third-order valence-electron chi connectivity index (χ3n) is 4.32. The number of aliphatic imine (C=N–C) groups is 2. The SMILES string of the molecule is CC(C(=O)O)/C(CCl)=N\NC1=Nc2cc(F)ccc2C(c2ccccc2Cl)=NC1. The van der Waals surface area contributed by atoms with Gasteiger partial charge in [-0.1, -0.05) is 29.8 Å². The lowest BCUT2D eigenvalue weighted by atomic mass is 10.0. The topological polar surface area (TPSA) is 86.4 Å². The van der Waals surface area contributed by atoms with Crippen LogP contribution in [0.2, 0.25) is 5.02 Å². The van der Waals surface area contributed by atoms with E-state index >= 15 is 0 Å². The van der Waals surface area contributed by atoms with E-state index in [-0.39, 0.29) is 18.1 Å². The summed E-state index contributed by atoms with van der Waals surface area (Å²) in [7, 11) is 0. The van der Waals surface area contributed by atoms with Crippen molar-refractivity contribution in [1.82, 2.24) is 5.43 Å². The van der Waals surface area contributed by atoms with Gasteiger partial charge in [-0.15, -0.1) is 11.6 Å². The van der Waals surface area contributed by atoms with Crippen LogP contribution in [0.1, 0.15) is 18.1 Å². The van der Waals surface area contributed by atoms with Gasteiger partial charge in [0.25, 0.3) is 0 Å². The molecule has 2 N–H and O–H groups in total. The Labute approximate surface area is 176 Å². The number of carboxylic acid groups (broad SMARTS) is 1. The van der Waals surface area contributed by atoms with Crippen molar-refractivity contribution in [3.05, 3.63) is 64.4 Å². The zero-order valence-corrected chi connectivity index (χ0v) is 16.9. The molecule has 2 aromatic rings. The minimum absolute atomic E-state index is 0.0624. The van der Waals surface area contributed by atoms with Gasteiger partial charge in [0.15, 0.2) is 0 Å². The number of nitrogens with one attached hydrogen (secondary N) is 1. The lowest BCUT2D eigenvalue weighted by Gasteiger charge is -2.09. The zero-order valence-electron chi connectivity index (χ0n) is 15.4. The van der Waals surface area contributed by atoms with E-state index in [0.717, 1.165) is 0 Å². The lowest BCUT2D eigenvalue weighted by Crippen LogP contribution is -2.28. The van der Waals surface area contributed by atoms with Gasteiger partial charge in [-0.3, -0.25) is 15.2 Å². The van der Waals surface area contributed by atoms with E-state index in [4.69, 9.17) is 28.3 Å². The van der Waals surface area contributed by atoms with Crippen LogP contribution in [-0.2, 0) is 4.79 Å². The zero-order chi connectivity index (χ0) is 21.0. The fraction of sp³-hybridized carbons (Fsp3) is 0.200. The van der Waals surface area contributed by atoms with E-state index in [2.05, 4.69) is 20.5 Å². The summed E-state index contributed by atoms with van der Waals surface area (Å²) in [5, 5.41) is 13.7. The fourth-order valence-electron chi connectivity index (χ4n) is 2.68. The number of nitrogens with zero attached hydrogens (tertiary/aromatic N) is 3. The molecule has 0 bridgehead atoms. The standard InChI is InChI=1S/C20H17Cl2FN4O2/c1-11(20(28)29)17(9-21)26-27-18-10-24-19(13-4-2-3-5-15(13)22)14-7-6-12(23)8-16(14)25-18/h2-8,11H,9-10H2,1H3,(H,25,27)(H,28,29)/b26-17-. The number of carboxylic acids is 1. The van der Waals surface area contributed by atoms with Gasteiger partial charge >= 0.3 is 5.97 Å². The van der Waals surface area contributed by atoms with Crippen LogP contribution in [0.25, 0.3) is 0 Å². The number of alkyl halides is 1. The predicted molar refractivity (Wildman–Crippen MR) is 114 cm³/mol. The molecular formula is C20H17Cl2FN4O2. The van der Waals surface area contributed by atoms with Gasteiger partial charge in [0, 0.05) is 22.2 Å². The van der Waals surface area contributed by atoms with Crippen molar-refractivity contribution in [2.24, 2.45) is 21.0 Å². The van der Waals surface area contributed by atoms with Crippen LogP contribution in [-0.4, -0.2) is 40.8 Å². The highest BCUT2D eigenvalue weighted by atomic mass is 35.5. The highest BCUT2D eigenvalue weighted by Gasteiger charge is 2.20. The van der Waals surface area contributed by atoms with Crippen LogP contribution in [0.3, 0.4) is 0 Å². The van der Waals surface area contributed by atoms with Crippen LogP contribution in [0.15, 0.2) is 57.6 Å². The van der Waals surface area contributed by atoms with Crippen LogP contribution < -0.4 is 5.43 Å². The normalized spacial score (nSPS) is 15.0. The molecule has 0 radical (unpaired) electrons. The van der Waals surface area contributed by atoms with Crippen molar-refractivity contribution in [1.29, 1.82) is 0 Å². The van der Waals surface area contributed by atoms with Crippen molar-refractivity contribution in [3.8, 4) is 0 Å². The third kappa shape index (κ3) is 4.81. The number of amidine groups is 1. The van der Waals surface area contributed by atoms with Gasteiger partial charge in [0.05, 0.1) is 35.5 Å². The molecule has 2 aromatic carbocycles. The Morgan fingerprint density at radius 1 is 1.31 bits per heavy atom. The molecule has 1 atom stereocenters. The van der Waals surface area contributed by atoms with Crippen molar-refractivity contribution in [2.75, 3.05) is 12.4 Å². The van der Waals surface area contributed by atoms with Gasteiger partial charge in [0.2, 0.25) is 0 Å². The van der Waals surface area contributed by atoms with Gasteiger partial charge in [-0.05, 0) is 25.1 Å². The summed E-state index contributed by atoms with van der Waals surface area (Å²) in [4.78, 5) is 20.2. The molecule has 1 heterocycles. The van der Waals surface area contributed by atoms with E-state index in [0.29, 0.717) is 33.4 Å². The van der Waals surface area contributed by atoms with Crippen molar-refractivity contribution in [3.63, 3.8) is 0 Å². The third-order valence-corrected chi connectivity index (χ3v) is 4.93. The predicted octanol–water partition coefficient (Wildman–Crippen LogP) is 4.27. The first-order chi connectivity index (χ1) is 13.9. The highest BCUT2D eigenvalue weighted by Crippen LogP contribution is 2.28. The fourth-order valence-corrected chi connectivity index (χ4v) is 3.20. The van der Waals surface area contributed by atoms with Gasteiger partial charge in [-0.25, -0.2) is 9.38 Å². The van der Waals surface area contributed by atoms with Crippen LogP contribution >= 0.6 is 23.2 Å². The molecule has 0 aromatic heterocycles. The molecule has 0 saturated heterocycles. The summed E-state index contributed by atoms with van der Waals surface area (Å²) in [6.45, 7) is 1.59. The molecule has 0 amide bonds. The van der Waals surface area contributed by atoms with E-state index in [1.54, 1.807) is 12.1 Å². The van der Waals surface area contributed by atoms with E-state index in [9.17, 15) is 9.18 Å². The van der Waals surface area contributed by atoms with Crippen molar-refractivity contribution < 1.29 is 14.3 Å². The first-order valence-corrected chi connectivity index (χ1v) is 9.60. The van der Waals surface area contributed by atoms with Gasteiger partial charge < -0.3 is 5.11 Å². The van der Waals surface area contributed by atoms with Crippen molar-refractivity contribution in [2.45, 2.75) is 6.92 Å². The smallest absolute Gasteiger partial charge is 0.312 e. The summed E-state index contributed by atoms with van der Waals surface area (Å²) in [5.41, 5.74) is 5.21. The second-order valence-electron chi connectivity index (χ2n) is 6.27. The van der Waals surface area contributed by atoms with Crippen LogP contribution in [0.4, 0.5) is 10.1 Å². The number of rotatable bonds is 5. The molecule has 0 saturated carbocycles. The summed E-state index contributed by atoms with van der Waals surface area (Å²) < 4.78 is 13.9.